The molecule has 1 fully saturated rings. The fourth-order valence-corrected chi connectivity index (χ4v) is 4.08. The van der Waals surface area contributed by atoms with Gasteiger partial charge in [-0.2, -0.15) is 0 Å². The molecule has 4 N–H and O–H groups in total. The highest BCUT2D eigenvalue weighted by Gasteiger charge is 2.55. The van der Waals surface area contributed by atoms with Crippen LogP contribution in [0.2, 0.25) is 0 Å². The van der Waals surface area contributed by atoms with Crippen LogP contribution >= 0.6 is 12.4 Å². The quantitative estimate of drug-likeness (QED) is 0.291. The van der Waals surface area contributed by atoms with Gasteiger partial charge in [0.05, 0.1) is 0 Å². The summed E-state index contributed by atoms with van der Waals surface area (Å²) in [5.41, 5.74) is 5.93. The lowest BCUT2D eigenvalue weighted by Crippen LogP contribution is -2.44. The Morgan fingerprint density at radius 3 is 2.27 bits per heavy atom. The molecule has 3 aromatic rings. The van der Waals surface area contributed by atoms with Crippen LogP contribution in [-0.4, -0.2) is 45.2 Å². The first kappa shape index (κ1) is 23.7. The molecule has 1 aliphatic heterocycles. The average Bonchev–Trinajstić information content (AvgIpc) is 2.95. The Bertz CT molecular complexity index is 1260. The summed E-state index contributed by atoms with van der Waals surface area (Å²) in [6, 6.07) is 19.4. The number of benzene rings is 3. The van der Waals surface area contributed by atoms with E-state index >= 15 is 0 Å². The fourth-order valence-electron chi connectivity index (χ4n) is 4.08. The van der Waals surface area contributed by atoms with Gasteiger partial charge in [-0.25, -0.2) is 4.79 Å². The zero-order chi connectivity index (χ0) is 23.0. The number of rotatable bonds is 6. The number of carboxylic acids is 1. The third-order valence-electron chi connectivity index (χ3n) is 5.87. The number of nitrogens with one attached hydrogen (secondary N) is 1. The summed E-state index contributed by atoms with van der Waals surface area (Å²) in [5.74, 6) is -1.99. The van der Waals surface area contributed by atoms with E-state index < -0.39 is 30.0 Å². The summed E-state index contributed by atoms with van der Waals surface area (Å²) in [7, 11) is 0. The SMILES string of the molecule is CC1(c2ccc(C(=N)N)cc2)C(=O)N(CC(=O)O)C(=O)N1Cc1ccc2ccccc2c1.Cl. The molecule has 0 spiro atoms. The summed E-state index contributed by atoms with van der Waals surface area (Å²) in [6.07, 6.45) is 0. The van der Waals surface area contributed by atoms with Crippen molar-refractivity contribution in [1.29, 1.82) is 5.41 Å². The number of aliphatic carboxylic acids is 1. The summed E-state index contributed by atoms with van der Waals surface area (Å²) < 4.78 is 0. The Morgan fingerprint density at radius 2 is 1.67 bits per heavy atom. The third kappa shape index (κ3) is 4.12. The van der Waals surface area contributed by atoms with Crippen LogP contribution in [0.4, 0.5) is 4.79 Å². The lowest BCUT2D eigenvalue weighted by atomic mass is 9.89. The highest BCUT2D eigenvalue weighted by Crippen LogP contribution is 2.38. The van der Waals surface area contributed by atoms with Gasteiger partial charge in [-0.3, -0.25) is 19.9 Å². The highest BCUT2D eigenvalue weighted by atomic mass is 35.5. The number of urea groups is 1. The normalized spacial score (nSPS) is 17.8. The number of amidine groups is 1. The van der Waals surface area contributed by atoms with Crippen molar-refractivity contribution in [3.8, 4) is 0 Å². The molecule has 8 nitrogen and oxygen atoms in total. The zero-order valence-electron chi connectivity index (χ0n) is 17.8. The van der Waals surface area contributed by atoms with Crippen LogP contribution in [0, 0.1) is 5.41 Å². The van der Waals surface area contributed by atoms with E-state index in [1.807, 2.05) is 42.5 Å². The minimum atomic E-state index is -1.41. The Kier molecular flexibility index (Phi) is 6.41. The second-order valence-electron chi connectivity index (χ2n) is 7.90. The van der Waals surface area contributed by atoms with Crippen molar-refractivity contribution in [3.05, 3.63) is 83.4 Å². The Labute approximate surface area is 196 Å². The number of carbonyl (C=O) groups excluding carboxylic acids is 2. The molecular weight excluding hydrogens is 444 g/mol. The van der Waals surface area contributed by atoms with Crippen LogP contribution in [0.1, 0.15) is 23.6 Å². The van der Waals surface area contributed by atoms with Gasteiger partial charge in [0.15, 0.2) is 0 Å². The number of nitrogens with two attached hydrogens (primary N) is 1. The number of nitrogen functional groups attached to an aromatic ring is 1. The standard InChI is InChI=1S/C24H22N4O4.ClH/c1-24(19-10-8-17(9-11-19)21(25)26)22(31)27(14-20(29)30)23(32)28(24)13-15-6-7-16-4-2-3-5-18(16)12-15;/h2-12H,13-14H2,1H3,(H3,25,26)(H,29,30);1H. The monoisotopic (exact) mass is 466 g/mol. The lowest BCUT2D eigenvalue weighted by Gasteiger charge is -2.32. The summed E-state index contributed by atoms with van der Waals surface area (Å²) in [6.45, 7) is 1.02. The van der Waals surface area contributed by atoms with Crippen molar-refractivity contribution >= 4 is 46.9 Å². The van der Waals surface area contributed by atoms with Gasteiger partial charge in [-0.1, -0.05) is 60.7 Å². The number of carboxylic acid groups (broad SMARTS) is 1. The van der Waals surface area contributed by atoms with Crippen molar-refractivity contribution in [2.24, 2.45) is 5.73 Å². The first-order chi connectivity index (χ1) is 15.2. The Balaban J connectivity index is 0.00000306. The molecule has 0 aliphatic carbocycles. The first-order valence-corrected chi connectivity index (χ1v) is 10.00. The van der Waals surface area contributed by atoms with Gasteiger partial charge in [0.1, 0.15) is 17.9 Å². The van der Waals surface area contributed by atoms with Crippen molar-refractivity contribution < 1.29 is 19.5 Å². The molecular formula is C24H23ClN4O4. The molecule has 3 amide bonds. The smallest absolute Gasteiger partial charge is 0.328 e. The van der Waals surface area contributed by atoms with E-state index in [-0.39, 0.29) is 24.8 Å². The van der Waals surface area contributed by atoms with Crippen LogP contribution in [0.5, 0.6) is 0 Å². The van der Waals surface area contributed by atoms with E-state index in [1.165, 1.54) is 4.90 Å². The largest absolute Gasteiger partial charge is 0.480 e. The number of hydrogen-bond donors (Lipinski definition) is 3. The van der Waals surface area contributed by atoms with Gasteiger partial charge in [-0.15, -0.1) is 12.4 Å². The molecule has 3 aromatic carbocycles. The minimum Gasteiger partial charge on any atom is -0.480 e. The van der Waals surface area contributed by atoms with Gasteiger partial charge in [-0.05, 0) is 34.9 Å². The van der Waals surface area contributed by atoms with Gasteiger partial charge in [0.2, 0.25) is 0 Å². The maximum absolute atomic E-state index is 13.3. The van der Waals surface area contributed by atoms with Gasteiger partial charge < -0.3 is 15.7 Å². The van der Waals surface area contributed by atoms with E-state index in [0.717, 1.165) is 21.2 Å². The molecule has 1 atom stereocenters. The third-order valence-corrected chi connectivity index (χ3v) is 5.87. The van der Waals surface area contributed by atoms with E-state index in [0.29, 0.717) is 11.1 Å². The molecule has 1 saturated heterocycles. The van der Waals surface area contributed by atoms with E-state index in [2.05, 4.69) is 0 Å². The van der Waals surface area contributed by atoms with Crippen LogP contribution in [0.25, 0.3) is 10.8 Å². The topological polar surface area (TPSA) is 128 Å². The highest BCUT2D eigenvalue weighted by molar-refractivity contribution is 6.09. The van der Waals surface area contributed by atoms with Gasteiger partial charge >= 0.3 is 12.0 Å². The number of halogens is 1. The number of nitrogens with zero attached hydrogens (tertiary/aromatic N) is 2. The van der Waals surface area contributed by atoms with E-state index in [4.69, 9.17) is 11.1 Å². The maximum atomic E-state index is 13.3. The second kappa shape index (κ2) is 8.91. The number of carbonyl (C=O) groups is 3. The maximum Gasteiger partial charge on any atom is 0.328 e. The van der Waals surface area contributed by atoms with Crippen LogP contribution in [0.3, 0.4) is 0 Å². The minimum absolute atomic E-state index is 0. The predicted molar refractivity (Wildman–Crippen MR) is 126 cm³/mol. The summed E-state index contributed by atoms with van der Waals surface area (Å²) >= 11 is 0. The van der Waals surface area contributed by atoms with E-state index in [9.17, 15) is 19.5 Å². The second-order valence-corrected chi connectivity index (χ2v) is 7.90. The number of fused-ring (bicyclic) bond motifs is 1. The summed E-state index contributed by atoms with van der Waals surface area (Å²) in [4.78, 5) is 40.0. The fraction of sp³-hybridized carbons (Fsp3) is 0.167. The van der Waals surface area contributed by atoms with Crippen LogP contribution in [0.15, 0.2) is 66.7 Å². The van der Waals surface area contributed by atoms with E-state index in [1.54, 1.807) is 31.2 Å². The average molecular weight is 467 g/mol. The Hall–Kier alpha value is -3.91. The molecule has 33 heavy (non-hydrogen) atoms. The first-order valence-electron chi connectivity index (χ1n) is 10.00. The zero-order valence-corrected chi connectivity index (χ0v) is 18.6. The molecule has 1 aliphatic rings. The van der Waals surface area contributed by atoms with Crippen molar-refractivity contribution in [2.45, 2.75) is 19.0 Å². The molecule has 4 rings (SSSR count). The molecule has 9 heteroatoms. The molecule has 170 valence electrons. The molecule has 0 saturated carbocycles. The molecule has 1 unspecified atom stereocenters. The molecule has 0 bridgehead atoms. The number of amides is 3. The Morgan fingerprint density at radius 1 is 1.03 bits per heavy atom. The number of imide groups is 1. The molecule has 0 radical (unpaired) electrons. The van der Waals surface area contributed by atoms with Gasteiger partial charge in [0, 0.05) is 12.1 Å². The van der Waals surface area contributed by atoms with Crippen molar-refractivity contribution in [3.63, 3.8) is 0 Å². The van der Waals surface area contributed by atoms with Crippen molar-refractivity contribution in [1.82, 2.24) is 9.80 Å². The predicted octanol–water partition coefficient (Wildman–Crippen LogP) is 3.31. The number of hydrogen-bond acceptors (Lipinski definition) is 4. The van der Waals surface area contributed by atoms with Crippen LogP contribution in [-0.2, 0) is 21.7 Å². The van der Waals surface area contributed by atoms with Crippen LogP contribution < -0.4 is 5.73 Å². The molecule has 0 aromatic heterocycles. The summed E-state index contributed by atoms with van der Waals surface area (Å²) in [5, 5.41) is 18.9. The van der Waals surface area contributed by atoms with Gasteiger partial charge in [0.25, 0.3) is 5.91 Å². The molecule has 1 heterocycles. The lowest BCUT2D eigenvalue weighted by molar-refractivity contribution is -0.143. The van der Waals surface area contributed by atoms with Crippen molar-refractivity contribution in [2.75, 3.05) is 6.54 Å².